The molecule has 0 saturated heterocycles. The monoisotopic (exact) mass is 635 g/mol. The van der Waals surface area contributed by atoms with E-state index >= 15 is 8.78 Å². The summed E-state index contributed by atoms with van der Waals surface area (Å²) in [7, 11) is 1.33. The minimum Gasteiger partial charge on any atom is -0.504 e. The number of methoxy groups -OCH3 is 1. The maximum atomic E-state index is 15.4. The summed E-state index contributed by atoms with van der Waals surface area (Å²) in [5, 5.41) is 28.5. The van der Waals surface area contributed by atoms with Crippen LogP contribution in [0.5, 0.6) is 23.0 Å². The number of carbonyl (C=O) groups is 4. The van der Waals surface area contributed by atoms with Gasteiger partial charge in [-0.1, -0.05) is 13.8 Å². The highest BCUT2D eigenvalue weighted by molar-refractivity contribution is 7.20. The average molecular weight is 636 g/mol. The first-order valence-corrected chi connectivity index (χ1v) is 14.5. The molecule has 3 N–H and O–H groups in total. The fourth-order valence-electron chi connectivity index (χ4n) is 4.66. The number of carbonyl (C=O) groups excluding carboxylic acids is 2. The van der Waals surface area contributed by atoms with E-state index in [4.69, 9.17) is 24.4 Å². The lowest BCUT2D eigenvalue weighted by Crippen LogP contribution is -2.28. The van der Waals surface area contributed by atoms with Crippen molar-refractivity contribution < 1.29 is 57.5 Å². The predicted octanol–water partition coefficient (Wildman–Crippen LogP) is 4.99. The van der Waals surface area contributed by atoms with Crippen LogP contribution < -0.4 is 14.2 Å². The van der Waals surface area contributed by atoms with E-state index < -0.39 is 58.6 Å². The average Bonchev–Trinajstić information content (AvgIpc) is 3.60. The van der Waals surface area contributed by atoms with Gasteiger partial charge in [0.25, 0.3) is 0 Å². The standard InChI is InChI=1S/C30H31F2NO10S/c1-14(29(37)38)7-19(34)23-10-17-22(44-23)11-20(35)27(25(17)31)42-5-4-6-43-28-21(41-3)9-16-12-33(13-18(16)26(28)32)24(36)8-15(2)30(39)40/h9-11,14-15,35H,4-8,12-13H2,1-3H3,(H,37,38)(H,39,40)/t14-,15-/m0/s1. The first kappa shape index (κ1) is 32.5. The van der Waals surface area contributed by atoms with Crippen LogP contribution in [0.4, 0.5) is 8.78 Å². The first-order chi connectivity index (χ1) is 20.8. The van der Waals surface area contributed by atoms with Gasteiger partial charge in [0, 0.05) is 54.1 Å². The summed E-state index contributed by atoms with van der Waals surface area (Å²) in [6, 6.07) is 4.11. The minimum atomic E-state index is -1.12. The molecule has 44 heavy (non-hydrogen) atoms. The number of thiophene rings is 1. The summed E-state index contributed by atoms with van der Waals surface area (Å²) >= 11 is 0.933. The molecule has 2 atom stereocenters. The summed E-state index contributed by atoms with van der Waals surface area (Å²) in [5.41, 5.74) is 0.752. The molecule has 2 heterocycles. The number of benzene rings is 2. The molecule has 0 spiro atoms. The van der Waals surface area contributed by atoms with Crippen LogP contribution in [0.1, 0.15) is 53.9 Å². The van der Waals surface area contributed by atoms with Crippen LogP contribution >= 0.6 is 11.3 Å². The number of hydrogen-bond acceptors (Lipinski definition) is 9. The number of aliphatic carboxylic acids is 2. The van der Waals surface area contributed by atoms with Crippen molar-refractivity contribution in [3.05, 3.63) is 45.8 Å². The van der Waals surface area contributed by atoms with Gasteiger partial charge in [0.05, 0.1) is 37.0 Å². The maximum absolute atomic E-state index is 15.4. The summed E-state index contributed by atoms with van der Waals surface area (Å²) in [5.74, 6) is -7.47. The van der Waals surface area contributed by atoms with Crippen molar-refractivity contribution in [2.45, 2.75) is 46.2 Å². The van der Waals surface area contributed by atoms with Crippen molar-refractivity contribution in [2.75, 3.05) is 20.3 Å². The van der Waals surface area contributed by atoms with Crippen LogP contribution in [0.2, 0.25) is 0 Å². The topological polar surface area (TPSA) is 160 Å². The van der Waals surface area contributed by atoms with Crippen molar-refractivity contribution in [3.63, 3.8) is 0 Å². The highest BCUT2D eigenvalue weighted by Crippen LogP contribution is 2.41. The number of ketones is 1. The molecule has 4 rings (SSSR count). The predicted molar refractivity (Wildman–Crippen MR) is 153 cm³/mol. The number of Topliss-reactive ketones (excluding diaryl/α,β-unsaturated/α-hetero) is 1. The van der Waals surface area contributed by atoms with Gasteiger partial charge in [-0.3, -0.25) is 19.2 Å². The second kappa shape index (κ2) is 13.5. The Balaban J connectivity index is 1.38. The highest BCUT2D eigenvalue weighted by Gasteiger charge is 2.31. The smallest absolute Gasteiger partial charge is 0.306 e. The number of amides is 1. The molecule has 0 saturated carbocycles. The third-order valence-corrected chi connectivity index (χ3v) is 8.36. The Kier molecular flexibility index (Phi) is 9.92. The lowest BCUT2D eigenvalue weighted by atomic mass is 10.0. The minimum absolute atomic E-state index is 0.0419. The largest absolute Gasteiger partial charge is 0.504 e. The summed E-state index contributed by atoms with van der Waals surface area (Å²) in [4.78, 5) is 48.7. The quantitative estimate of drug-likeness (QED) is 0.163. The zero-order chi connectivity index (χ0) is 32.3. The zero-order valence-electron chi connectivity index (χ0n) is 24.1. The molecule has 0 bridgehead atoms. The number of nitrogens with zero attached hydrogens (tertiary/aromatic N) is 1. The van der Waals surface area contributed by atoms with E-state index in [9.17, 15) is 24.3 Å². The van der Waals surface area contributed by atoms with Crippen molar-refractivity contribution >= 4 is 45.1 Å². The van der Waals surface area contributed by atoms with Crippen molar-refractivity contribution in [1.29, 1.82) is 0 Å². The molecule has 236 valence electrons. The number of phenols is 1. The van der Waals surface area contributed by atoms with Gasteiger partial charge >= 0.3 is 11.9 Å². The molecule has 11 nitrogen and oxygen atoms in total. The third kappa shape index (κ3) is 6.85. The van der Waals surface area contributed by atoms with E-state index in [1.54, 1.807) is 6.07 Å². The normalized spacial score (nSPS) is 13.8. The summed E-state index contributed by atoms with van der Waals surface area (Å²) in [6.07, 6.45) is -0.321. The van der Waals surface area contributed by atoms with E-state index in [1.807, 2.05) is 0 Å². The zero-order valence-corrected chi connectivity index (χ0v) is 25.0. The van der Waals surface area contributed by atoms with Crippen molar-refractivity contribution in [3.8, 4) is 23.0 Å². The SMILES string of the molecule is COc1cc2c(c(F)c1OCCCOc1c(O)cc3sc(C(=O)C[C@H](C)C(=O)O)cc3c1F)CN(C(=O)C[C@H](C)C(=O)O)C2. The number of fused-ring (bicyclic) bond motifs is 2. The molecule has 0 radical (unpaired) electrons. The molecule has 14 heteroatoms. The number of phenolic OH excluding ortho intramolecular Hbond substituents is 1. The molecular weight excluding hydrogens is 604 g/mol. The van der Waals surface area contributed by atoms with Crippen molar-refractivity contribution in [1.82, 2.24) is 4.90 Å². The van der Waals surface area contributed by atoms with Gasteiger partial charge in [0.1, 0.15) is 0 Å². The molecule has 0 unspecified atom stereocenters. The molecule has 0 aliphatic carbocycles. The molecule has 1 amide bonds. The van der Waals surface area contributed by atoms with Gasteiger partial charge in [-0.05, 0) is 17.7 Å². The van der Waals surface area contributed by atoms with Gasteiger partial charge < -0.3 is 34.4 Å². The number of hydrogen-bond donors (Lipinski definition) is 3. The molecule has 1 aliphatic heterocycles. The van der Waals surface area contributed by atoms with Gasteiger partial charge in [-0.25, -0.2) is 8.78 Å². The van der Waals surface area contributed by atoms with E-state index in [1.165, 1.54) is 38.0 Å². The van der Waals surface area contributed by atoms with Crippen LogP contribution in [-0.4, -0.2) is 64.2 Å². The number of aromatic hydroxyl groups is 1. The Hall–Kier alpha value is -4.46. The van der Waals surface area contributed by atoms with Crippen LogP contribution in [0, 0.1) is 23.5 Å². The van der Waals surface area contributed by atoms with Crippen LogP contribution in [-0.2, 0) is 27.5 Å². The first-order valence-electron chi connectivity index (χ1n) is 13.7. The van der Waals surface area contributed by atoms with Gasteiger partial charge in [0.2, 0.25) is 5.91 Å². The number of ether oxygens (including phenoxy) is 3. The van der Waals surface area contributed by atoms with Crippen LogP contribution in [0.15, 0.2) is 18.2 Å². The second-order valence-electron chi connectivity index (χ2n) is 10.5. The fourth-order valence-corrected chi connectivity index (χ4v) is 5.70. The van der Waals surface area contributed by atoms with E-state index in [0.29, 0.717) is 5.56 Å². The third-order valence-electron chi connectivity index (χ3n) is 7.23. The lowest BCUT2D eigenvalue weighted by molar-refractivity contribution is -0.145. The van der Waals surface area contributed by atoms with Gasteiger partial charge in [0.15, 0.2) is 40.4 Å². The summed E-state index contributed by atoms with van der Waals surface area (Å²) in [6.45, 7) is 2.67. The Morgan fingerprint density at radius 1 is 0.932 bits per heavy atom. The van der Waals surface area contributed by atoms with Crippen LogP contribution in [0.25, 0.3) is 10.1 Å². The Bertz CT molecular complexity index is 1620. The molecule has 1 aliphatic rings. The van der Waals surface area contributed by atoms with Gasteiger partial charge in [-0.15, -0.1) is 11.3 Å². The lowest BCUT2D eigenvalue weighted by Gasteiger charge is -2.16. The Morgan fingerprint density at radius 3 is 2.20 bits per heavy atom. The number of carboxylic acids is 2. The number of carboxylic acid groups (broad SMARTS) is 2. The van der Waals surface area contributed by atoms with E-state index in [0.717, 1.165) is 11.3 Å². The number of halogens is 2. The Labute approximate surface area is 254 Å². The molecule has 2 aromatic carbocycles. The van der Waals surface area contributed by atoms with Gasteiger partial charge in [-0.2, -0.15) is 0 Å². The molecule has 3 aromatic rings. The van der Waals surface area contributed by atoms with E-state index in [-0.39, 0.29) is 77.6 Å². The molecular formula is C30H31F2NO10S. The Morgan fingerprint density at radius 2 is 1.57 bits per heavy atom. The maximum Gasteiger partial charge on any atom is 0.306 e. The number of rotatable bonds is 14. The van der Waals surface area contributed by atoms with Crippen molar-refractivity contribution in [2.24, 2.45) is 11.8 Å². The van der Waals surface area contributed by atoms with E-state index in [2.05, 4.69) is 0 Å². The molecule has 0 fully saturated rings. The summed E-state index contributed by atoms with van der Waals surface area (Å²) < 4.78 is 47.3. The fraction of sp³-hybridized carbons (Fsp3) is 0.400. The molecule has 1 aromatic heterocycles. The van der Waals surface area contributed by atoms with Crippen LogP contribution in [0.3, 0.4) is 0 Å². The highest BCUT2D eigenvalue weighted by atomic mass is 32.1. The second-order valence-corrected chi connectivity index (χ2v) is 11.6.